The maximum absolute atomic E-state index is 4.24. The van der Waals surface area contributed by atoms with E-state index in [0.717, 1.165) is 29.1 Å². The number of nitrogens with one attached hydrogen (secondary N) is 1. The Hall–Kier alpha value is -0.770. The molecule has 1 N–H and O–H groups in total. The van der Waals surface area contributed by atoms with Gasteiger partial charge < -0.3 is 5.32 Å². The molecular weight excluding hydrogens is 206 g/mol. The van der Waals surface area contributed by atoms with Gasteiger partial charge in [0.25, 0.3) is 0 Å². The molecule has 0 aliphatic carbocycles. The first-order chi connectivity index (χ1) is 7.26. The molecule has 4 heteroatoms. The van der Waals surface area contributed by atoms with Crippen molar-refractivity contribution in [2.24, 2.45) is 5.92 Å². The highest BCUT2D eigenvalue weighted by molar-refractivity contribution is 7.99. The SMILES string of the molecule is CCNc1cc(SCC(C)CC)ncn1. The Kier molecular flexibility index (Phi) is 5.47. The smallest absolute Gasteiger partial charge is 0.130 e. The van der Waals surface area contributed by atoms with E-state index in [1.54, 1.807) is 18.1 Å². The van der Waals surface area contributed by atoms with E-state index in [0.29, 0.717) is 0 Å². The summed E-state index contributed by atoms with van der Waals surface area (Å²) in [6.45, 7) is 7.44. The second-order valence-electron chi connectivity index (χ2n) is 3.60. The zero-order valence-electron chi connectivity index (χ0n) is 9.66. The predicted molar refractivity (Wildman–Crippen MR) is 66.4 cm³/mol. The van der Waals surface area contributed by atoms with Crippen molar-refractivity contribution in [1.82, 2.24) is 9.97 Å². The van der Waals surface area contributed by atoms with Crippen LogP contribution in [0, 0.1) is 5.92 Å². The summed E-state index contributed by atoms with van der Waals surface area (Å²) in [6.07, 6.45) is 2.84. The molecule has 0 spiro atoms. The van der Waals surface area contributed by atoms with Gasteiger partial charge in [-0.2, -0.15) is 0 Å². The van der Waals surface area contributed by atoms with Crippen LogP contribution in [-0.2, 0) is 0 Å². The fourth-order valence-corrected chi connectivity index (χ4v) is 2.05. The number of hydrogen-bond acceptors (Lipinski definition) is 4. The summed E-state index contributed by atoms with van der Waals surface area (Å²) in [6, 6.07) is 2.01. The van der Waals surface area contributed by atoms with Crippen LogP contribution in [0.2, 0.25) is 0 Å². The zero-order valence-corrected chi connectivity index (χ0v) is 10.5. The second kappa shape index (κ2) is 6.67. The van der Waals surface area contributed by atoms with E-state index in [9.17, 15) is 0 Å². The number of nitrogens with zero attached hydrogens (tertiary/aromatic N) is 2. The highest BCUT2D eigenvalue weighted by atomic mass is 32.2. The van der Waals surface area contributed by atoms with Crippen molar-refractivity contribution >= 4 is 17.6 Å². The van der Waals surface area contributed by atoms with Crippen LogP contribution in [0.15, 0.2) is 17.4 Å². The van der Waals surface area contributed by atoms with Crippen LogP contribution in [0.1, 0.15) is 27.2 Å². The molecule has 0 aliphatic rings. The number of hydrogen-bond donors (Lipinski definition) is 1. The van der Waals surface area contributed by atoms with Crippen molar-refractivity contribution in [2.75, 3.05) is 17.6 Å². The van der Waals surface area contributed by atoms with E-state index in [1.165, 1.54) is 6.42 Å². The van der Waals surface area contributed by atoms with Crippen LogP contribution in [0.3, 0.4) is 0 Å². The molecule has 0 radical (unpaired) electrons. The maximum Gasteiger partial charge on any atom is 0.130 e. The van der Waals surface area contributed by atoms with Crippen molar-refractivity contribution in [2.45, 2.75) is 32.2 Å². The van der Waals surface area contributed by atoms with Crippen molar-refractivity contribution < 1.29 is 0 Å². The third-order valence-electron chi connectivity index (χ3n) is 2.21. The first-order valence-electron chi connectivity index (χ1n) is 5.45. The van der Waals surface area contributed by atoms with Crippen molar-refractivity contribution in [3.05, 3.63) is 12.4 Å². The quantitative estimate of drug-likeness (QED) is 0.596. The molecule has 1 aromatic heterocycles. The van der Waals surface area contributed by atoms with E-state index in [-0.39, 0.29) is 0 Å². The Morgan fingerprint density at radius 2 is 2.20 bits per heavy atom. The van der Waals surface area contributed by atoms with Gasteiger partial charge in [-0.05, 0) is 12.8 Å². The molecule has 0 bridgehead atoms. The summed E-state index contributed by atoms with van der Waals surface area (Å²) in [5.74, 6) is 2.78. The summed E-state index contributed by atoms with van der Waals surface area (Å²) in [4.78, 5) is 8.38. The molecule has 84 valence electrons. The van der Waals surface area contributed by atoms with Crippen LogP contribution < -0.4 is 5.32 Å². The average molecular weight is 225 g/mol. The molecule has 15 heavy (non-hydrogen) atoms. The lowest BCUT2D eigenvalue weighted by atomic mass is 10.2. The third-order valence-corrected chi connectivity index (χ3v) is 3.47. The molecule has 1 atom stereocenters. The Labute approximate surface area is 96.1 Å². The lowest BCUT2D eigenvalue weighted by molar-refractivity contribution is 0.636. The molecule has 1 rings (SSSR count). The summed E-state index contributed by atoms with van der Waals surface area (Å²) < 4.78 is 0. The minimum absolute atomic E-state index is 0.743. The first kappa shape index (κ1) is 12.3. The van der Waals surface area contributed by atoms with Crippen LogP contribution in [0.25, 0.3) is 0 Å². The Bertz CT molecular complexity index is 291. The Morgan fingerprint density at radius 3 is 2.87 bits per heavy atom. The van der Waals surface area contributed by atoms with Crippen LogP contribution in [0.5, 0.6) is 0 Å². The third kappa shape index (κ3) is 4.51. The van der Waals surface area contributed by atoms with E-state index >= 15 is 0 Å². The molecule has 1 heterocycles. The summed E-state index contributed by atoms with van der Waals surface area (Å²) in [5, 5.41) is 4.24. The minimum Gasteiger partial charge on any atom is -0.370 e. The average Bonchev–Trinajstić information content (AvgIpc) is 2.27. The lowest BCUT2D eigenvalue weighted by Gasteiger charge is -2.07. The number of anilines is 1. The maximum atomic E-state index is 4.24. The molecule has 0 amide bonds. The Morgan fingerprint density at radius 1 is 1.40 bits per heavy atom. The minimum atomic E-state index is 0.743. The molecule has 0 aliphatic heterocycles. The predicted octanol–water partition coefficient (Wildman–Crippen LogP) is 3.05. The van der Waals surface area contributed by atoms with Gasteiger partial charge >= 0.3 is 0 Å². The van der Waals surface area contributed by atoms with Gasteiger partial charge in [-0.15, -0.1) is 11.8 Å². The highest BCUT2D eigenvalue weighted by Gasteiger charge is 2.02. The molecule has 0 aromatic carbocycles. The van der Waals surface area contributed by atoms with E-state index < -0.39 is 0 Å². The molecule has 0 saturated carbocycles. The number of aromatic nitrogens is 2. The topological polar surface area (TPSA) is 37.8 Å². The van der Waals surface area contributed by atoms with Gasteiger partial charge in [-0.3, -0.25) is 0 Å². The van der Waals surface area contributed by atoms with Crippen LogP contribution in [-0.4, -0.2) is 22.3 Å². The van der Waals surface area contributed by atoms with Gasteiger partial charge in [0.15, 0.2) is 0 Å². The Balaban J connectivity index is 2.50. The molecule has 1 unspecified atom stereocenters. The summed E-state index contributed by atoms with van der Waals surface area (Å²) >= 11 is 1.80. The van der Waals surface area contributed by atoms with Gasteiger partial charge in [0.2, 0.25) is 0 Å². The molecular formula is C11H19N3S. The highest BCUT2D eigenvalue weighted by Crippen LogP contribution is 2.20. The normalized spacial score (nSPS) is 12.5. The number of rotatable bonds is 6. The summed E-state index contributed by atoms with van der Waals surface area (Å²) in [7, 11) is 0. The zero-order chi connectivity index (χ0) is 11.1. The number of thioether (sulfide) groups is 1. The molecule has 0 fully saturated rings. The van der Waals surface area contributed by atoms with Crippen molar-refractivity contribution in [3.63, 3.8) is 0 Å². The van der Waals surface area contributed by atoms with Crippen molar-refractivity contribution in [3.8, 4) is 0 Å². The van der Waals surface area contributed by atoms with Gasteiger partial charge in [0.1, 0.15) is 17.2 Å². The summed E-state index contributed by atoms with van der Waals surface area (Å²) in [5.41, 5.74) is 0. The largest absolute Gasteiger partial charge is 0.370 e. The van der Waals surface area contributed by atoms with Gasteiger partial charge in [0.05, 0.1) is 0 Å². The standard InChI is InChI=1S/C11H19N3S/c1-4-9(3)7-15-11-6-10(12-5-2)13-8-14-11/h6,8-9H,4-5,7H2,1-3H3,(H,12,13,14). The lowest BCUT2D eigenvalue weighted by Crippen LogP contribution is -2.00. The van der Waals surface area contributed by atoms with Gasteiger partial charge in [0, 0.05) is 18.4 Å². The monoisotopic (exact) mass is 225 g/mol. The van der Waals surface area contributed by atoms with Gasteiger partial charge in [-0.25, -0.2) is 9.97 Å². The van der Waals surface area contributed by atoms with E-state index in [1.807, 2.05) is 6.07 Å². The van der Waals surface area contributed by atoms with Crippen LogP contribution in [0.4, 0.5) is 5.82 Å². The van der Waals surface area contributed by atoms with Crippen LogP contribution >= 0.6 is 11.8 Å². The fraction of sp³-hybridized carbons (Fsp3) is 0.636. The molecule has 3 nitrogen and oxygen atoms in total. The second-order valence-corrected chi connectivity index (χ2v) is 4.64. The molecule has 0 saturated heterocycles. The van der Waals surface area contributed by atoms with Gasteiger partial charge in [-0.1, -0.05) is 20.3 Å². The fourth-order valence-electron chi connectivity index (χ4n) is 1.04. The van der Waals surface area contributed by atoms with Crippen molar-refractivity contribution in [1.29, 1.82) is 0 Å². The first-order valence-corrected chi connectivity index (χ1v) is 6.43. The van der Waals surface area contributed by atoms with E-state index in [4.69, 9.17) is 0 Å². The van der Waals surface area contributed by atoms with E-state index in [2.05, 4.69) is 36.1 Å². The molecule has 1 aromatic rings.